The fourth-order valence-corrected chi connectivity index (χ4v) is 1.96. The van der Waals surface area contributed by atoms with E-state index in [0.717, 1.165) is 13.0 Å². The quantitative estimate of drug-likeness (QED) is 0.789. The van der Waals surface area contributed by atoms with Crippen LogP contribution in [0.15, 0.2) is 29.2 Å². The first-order valence-electron chi connectivity index (χ1n) is 6.04. The van der Waals surface area contributed by atoms with E-state index in [4.69, 9.17) is 5.73 Å². The normalized spacial score (nSPS) is 12.1. The molecule has 0 aliphatic carbocycles. The van der Waals surface area contributed by atoms with Crippen LogP contribution in [0.2, 0.25) is 0 Å². The molecule has 96 valence electrons. The summed E-state index contributed by atoms with van der Waals surface area (Å²) in [5.74, 6) is 0. The minimum Gasteiger partial charge on any atom is -0.329 e. The van der Waals surface area contributed by atoms with E-state index in [2.05, 4.69) is 56.3 Å². The van der Waals surface area contributed by atoms with Gasteiger partial charge in [0.05, 0.1) is 0 Å². The SMILES string of the molecule is CSc1ccc(CCN(C)C(C)(C)CN)cc1. The molecule has 0 aliphatic rings. The lowest BCUT2D eigenvalue weighted by Crippen LogP contribution is -2.47. The Morgan fingerprint density at radius 3 is 2.29 bits per heavy atom. The van der Waals surface area contributed by atoms with Gasteiger partial charge < -0.3 is 5.73 Å². The van der Waals surface area contributed by atoms with Crippen molar-refractivity contribution < 1.29 is 0 Å². The van der Waals surface area contributed by atoms with Gasteiger partial charge in [0.2, 0.25) is 0 Å². The Bertz CT molecular complexity index is 333. The van der Waals surface area contributed by atoms with Crippen LogP contribution in [0, 0.1) is 0 Å². The lowest BCUT2D eigenvalue weighted by molar-refractivity contribution is 0.166. The average molecular weight is 252 g/mol. The molecule has 0 radical (unpaired) electrons. The van der Waals surface area contributed by atoms with Crippen molar-refractivity contribution >= 4 is 11.8 Å². The van der Waals surface area contributed by atoms with E-state index in [1.165, 1.54) is 10.5 Å². The van der Waals surface area contributed by atoms with Gasteiger partial charge in [0.25, 0.3) is 0 Å². The molecule has 0 unspecified atom stereocenters. The van der Waals surface area contributed by atoms with Crippen molar-refractivity contribution in [3.8, 4) is 0 Å². The third-order valence-corrected chi connectivity index (χ3v) is 4.17. The summed E-state index contributed by atoms with van der Waals surface area (Å²) in [5.41, 5.74) is 7.24. The third-order valence-electron chi connectivity index (χ3n) is 3.43. The maximum atomic E-state index is 5.77. The molecule has 0 saturated heterocycles. The van der Waals surface area contributed by atoms with Crippen LogP contribution < -0.4 is 5.73 Å². The molecule has 1 aromatic carbocycles. The van der Waals surface area contributed by atoms with Crippen molar-refractivity contribution in [3.63, 3.8) is 0 Å². The van der Waals surface area contributed by atoms with Gasteiger partial charge in [-0.05, 0) is 51.3 Å². The summed E-state index contributed by atoms with van der Waals surface area (Å²) in [7, 11) is 2.14. The van der Waals surface area contributed by atoms with Gasteiger partial charge in [-0.1, -0.05) is 12.1 Å². The van der Waals surface area contributed by atoms with Crippen LogP contribution in [-0.2, 0) is 6.42 Å². The van der Waals surface area contributed by atoms with Crippen LogP contribution in [0.1, 0.15) is 19.4 Å². The molecule has 2 N–H and O–H groups in total. The van der Waals surface area contributed by atoms with Crippen molar-refractivity contribution in [2.75, 3.05) is 26.4 Å². The molecule has 0 saturated carbocycles. The average Bonchev–Trinajstić information content (AvgIpc) is 2.36. The van der Waals surface area contributed by atoms with Gasteiger partial charge in [-0.25, -0.2) is 0 Å². The Morgan fingerprint density at radius 2 is 1.82 bits per heavy atom. The summed E-state index contributed by atoms with van der Waals surface area (Å²) < 4.78 is 0. The molecule has 3 heteroatoms. The molecule has 0 spiro atoms. The Labute approximate surface area is 110 Å². The molecule has 17 heavy (non-hydrogen) atoms. The second-order valence-electron chi connectivity index (χ2n) is 5.04. The maximum Gasteiger partial charge on any atom is 0.0272 e. The highest BCUT2D eigenvalue weighted by atomic mass is 32.2. The zero-order chi connectivity index (χ0) is 12.9. The highest BCUT2D eigenvalue weighted by molar-refractivity contribution is 7.98. The summed E-state index contributed by atoms with van der Waals surface area (Å²) >= 11 is 1.78. The van der Waals surface area contributed by atoms with Gasteiger partial charge >= 0.3 is 0 Å². The second-order valence-corrected chi connectivity index (χ2v) is 5.92. The van der Waals surface area contributed by atoms with E-state index in [1.807, 2.05) is 0 Å². The first-order valence-corrected chi connectivity index (χ1v) is 7.26. The Morgan fingerprint density at radius 1 is 1.24 bits per heavy atom. The van der Waals surface area contributed by atoms with E-state index in [0.29, 0.717) is 6.54 Å². The monoisotopic (exact) mass is 252 g/mol. The predicted octanol–water partition coefficient (Wildman–Crippen LogP) is 2.62. The van der Waals surface area contributed by atoms with Crippen LogP contribution >= 0.6 is 11.8 Å². The predicted molar refractivity (Wildman–Crippen MR) is 77.7 cm³/mol. The number of nitrogens with two attached hydrogens (primary N) is 1. The van der Waals surface area contributed by atoms with Crippen molar-refractivity contribution in [2.45, 2.75) is 30.7 Å². The van der Waals surface area contributed by atoms with Gasteiger partial charge in [-0.2, -0.15) is 0 Å². The van der Waals surface area contributed by atoms with Gasteiger partial charge in [0, 0.05) is 23.5 Å². The number of nitrogens with zero attached hydrogens (tertiary/aromatic N) is 1. The van der Waals surface area contributed by atoms with Crippen molar-refractivity contribution in [2.24, 2.45) is 5.73 Å². The minimum absolute atomic E-state index is 0.0826. The highest BCUT2D eigenvalue weighted by Crippen LogP contribution is 2.16. The molecular weight excluding hydrogens is 228 g/mol. The Hall–Kier alpha value is -0.510. The molecule has 1 aromatic rings. The molecule has 2 nitrogen and oxygen atoms in total. The van der Waals surface area contributed by atoms with E-state index >= 15 is 0 Å². The summed E-state index contributed by atoms with van der Waals surface area (Å²) in [4.78, 5) is 3.65. The van der Waals surface area contributed by atoms with Crippen molar-refractivity contribution in [1.29, 1.82) is 0 Å². The van der Waals surface area contributed by atoms with Crippen LogP contribution in [0.25, 0.3) is 0 Å². The fraction of sp³-hybridized carbons (Fsp3) is 0.571. The first-order chi connectivity index (χ1) is 7.99. The topological polar surface area (TPSA) is 29.3 Å². The maximum absolute atomic E-state index is 5.77. The molecule has 0 fully saturated rings. The number of likely N-dealkylation sites (N-methyl/N-ethyl adjacent to an activating group) is 1. The van der Waals surface area contributed by atoms with Crippen molar-refractivity contribution in [1.82, 2.24) is 4.90 Å². The standard InChI is InChI=1S/C14H24N2S/c1-14(2,11-15)16(3)10-9-12-5-7-13(17-4)8-6-12/h5-8H,9-11,15H2,1-4H3. The fourth-order valence-electron chi connectivity index (χ4n) is 1.55. The number of hydrogen-bond donors (Lipinski definition) is 1. The molecule has 0 bridgehead atoms. The highest BCUT2D eigenvalue weighted by Gasteiger charge is 2.20. The van der Waals surface area contributed by atoms with Gasteiger partial charge in [0.15, 0.2) is 0 Å². The van der Waals surface area contributed by atoms with E-state index in [-0.39, 0.29) is 5.54 Å². The van der Waals surface area contributed by atoms with E-state index in [1.54, 1.807) is 11.8 Å². The zero-order valence-corrected chi connectivity index (χ0v) is 12.2. The molecule has 1 rings (SSSR count). The molecule has 0 amide bonds. The second kappa shape index (κ2) is 6.43. The summed E-state index contributed by atoms with van der Waals surface area (Å²) in [6.07, 6.45) is 3.18. The first kappa shape index (κ1) is 14.6. The van der Waals surface area contributed by atoms with E-state index in [9.17, 15) is 0 Å². The van der Waals surface area contributed by atoms with Gasteiger partial charge in [0.1, 0.15) is 0 Å². The number of thioether (sulfide) groups is 1. The largest absolute Gasteiger partial charge is 0.329 e. The molecule has 0 aromatic heterocycles. The summed E-state index contributed by atoms with van der Waals surface area (Å²) in [6, 6.07) is 8.81. The molecule has 0 heterocycles. The molecular formula is C14H24N2S. The lowest BCUT2D eigenvalue weighted by Gasteiger charge is -2.34. The summed E-state index contributed by atoms with van der Waals surface area (Å²) in [6.45, 7) is 6.10. The lowest BCUT2D eigenvalue weighted by atomic mass is 10.0. The van der Waals surface area contributed by atoms with E-state index < -0.39 is 0 Å². The third kappa shape index (κ3) is 4.34. The number of rotatable bonds is 6. The summed E-state index contributed by atoms with van der Waals surface area (Å²) in [5, 5.41) is 0. The van der Waals surface area contributed by atoms with Crippen LogP contribution in [0.3, 0.4) is 0 Å². The van der Waals surface area contributed by atoms with Crippen molar-refractivity contribution in [3.05, 3.63) is 29.8 Å². The Balaban J connectivity index is 2.50. The number of hydrogen-bond acceptors (Lipinski definition) is 3. The molecule has 0 atom stereocenters. The van der Waals surface area contributed by atoms with Gasteiger partial charge in [-0.15, -0.1) is 11.8 Å². The Kier molecular flexibility index (Phi) is 5.50. The smallest absolute Gasteiger partial charge is 0.0272 e. The minimum atomic E-state index is 0.0826. The molecule has 0 aliphatic heterocycles. The zero-order valence-electron chi connectivity index (χ0n) is 11.4. The van der Waals surface area contributed by atoms with Crippen LogP contribution in [0.5, 0.6) is 0 Å². The van der Waals surface area contributed by atoms with Crippen LogP contribution in [0.4, 0.5) is 0 Å². The van der Waals surface area contributed by atoms with Crippen LogP contribution in [-0.4, -0.2) is 36.8 Å². The number of benzene rings is 1. The van der Waals surface area contributed by atoms with Gasteiger partial charge in [-0.3, -0.25) is 4.90 Å².